The van der Waals surface area contributed by atoms with E-state index >= 15 is 0 Å². The Morgan fingerprint density at radius 2 is 1.32 bits per heavy atom. The second-order valence-corrected chi connectivity index (χ2v) is 12.1. The quantitative estimate of drug-likeness (QED) is 0.592. The van der Waals surface area contributed by atoms with E-state index in [0.29, 0.717) is 38.8 Å². The van der Waals surface area contributed by atoms with Gasteiger partial charge in [-0.25, -0.2) is 17.2 Å². The van der Waals surface area contributed by atoms with Gasteiger partial charge in [-0.3, -0.25) is 9.59 Å². The fraction of sp³-hybridized carbons (Fsp3) is 0.481. The molecule has 3 fully saturated rings. The molecular weight excluding hydrogens is 500 g/mol. The summed E-state index contributed by atoms with van der Waals surface area (Å²) in [6.07, 6.45) is 1.93. The highest BCUT2D eigenvalue weighted by Gasteiger charge is 2.48. The predicted octanol–water partition coefficient (Wildman–Crippen LogP) is 3.54. The van der Waals surface area contributed by atoms with Gasteiger partial charge in [0, 0.05) is 25.6 Å². The first-order valence-electron chi connectivity index (χ1n) is 12.7. The van der Waals surface area contributed by atoms with Gasteiger partial charge in [0.15, 0.2) is 0 Å². The molecule has 0 N–H and O–H groups in total. The van der Waals surface area contributed by atoms with Crippen LogP contribution in [0.5, 0.6) is 0 Å². The van der Waals surface area contributed by atoms with E-state index < -0.39 is 35.0 Å². The van der Waals surface area contributed by atoms with Crippen molar-refractivity contribution in [2.45, 2.75) is 42.5 Å². The van der Waals surface area contributed by atoms with Crippen molar-refractivity contribution in [2.24, 2.45) is 11.8 Å². The van der Waals surface area contributed by atoms with E-state index in [0.717, 1.165) is 5.56 Å². The Labute approximate surface area is 216 Å². The highest BCUT2D eigenvalue weighted by molar-refractivity contribution is 7.89. The molecule has 2 aromatic carbocycles. The maximum Gasteiger partial charge on any atom is 0.282 e. The third kappa shape index (κ3) is 5.27. The molecule has 2 amide bonds. The molecule has 3 aliphatic heterocycles. The van der Waals surface area contributed by atoms with Gasteiger partial charge in [-0.2, -0.15) is 4.31 Å². The third-order valence-electron chi connectivity index (χ3n) is 7.73. The monoisotopic (exact) mass is 531 g/mol. The Morgan fingerprint density at radius 3 is 1.92 bits per heavy atom. The van der Waals surface area contributed by atoms with E-state index in [2.05, 4.69) is 0 Å². The molecule has 0 aromatic heterocycles. The third-order valence-corrected chi connectivity index (χ3v) is 9.62. The molecule has 37 heavy (non-hydrogen) atoms. The minimum atomic E-state index is -3.84. The highest BCUT2D eigenvalue weighted by atomic mass is 32.2. The smallest absolute Gasteiger partial charge is 0.282 e. The number of piperidine rings is 2. The molecule has 7 nitrogen and oxygen atoms in total. The summed E-state index contributed by atoms with van der Waals surface area (Å²) in [5.74, 6) is -4.01. The first-order chi connectivity index (χ1) is 17.7. The summed E-state index contributed by atoms with van der Waals surface area (Å²) in [5, 5.41) is 0. The highest BCUT2D eigenvalue weighted by Crippen LogP contribution is 2.38. The average Bonchev–Trinajstić information content (AvgIpc) is 2.91. The summed E-state index contributed by atoms with van der Waals surface area (Å²) in [7, 11) is -3.84. The van der Waals surface area contributed by atoms with E-state index in [4.69, 9.17) is 0 Å². The second kappa shape index (κ2) is 10.1. The topological polar surface area (TPSA) is 78.0 Å². The zero-order valence-corrected chi connectivity index (χ0v) is 21.3. The van der Waals surface area contributed by atoms with Gasteiger partial charge in [0.25, 0.3) is 5.92 Å². The molecule has 3 heterocycles. The zero-order valence-electron chi connectivity index (χ0n) is 20.5. The van der Waals surface area contributed by atoms with Crippen LogP contribution in [0.1, 0.15) is 37.3 Å². The molecule has 2 aromatic rings. The van der Waals surface area contributed by atoms with Crippen LogP contribution in [0.15, 0.2) is 65.6 Å². The SMILES string of the molecule is O=C(C1CCN(C(=O)[C@@H]2CC[C@H](c3ccccc3)N(S(=O)(=O)c3ccccc3)C2)CC1)N1CC(F)(F)C1. The number of hydrogen-bond donors (Lipinski definition) is 0. The first kappa shape index (κ1) is 25.8. The second-order valence-electron chi connectivity index (χ2n) is 10.2. The lowest BCUT2D eigenvalue weighted by Gasteiger charge is -2.43. The van der Waals surface area contributed by atoms with Crippen LogP contribution in [0.2, 0.25) is 0 Å². The lowest BCUT2D eigenvalue weighted by molar-refractivity contribution is -0.171. The Bertz CT molecular complexity index is 1230. The van der Waals surface area contributed by atoms with Crippen LogP contribution in [-0.4, -0.2) is 73.0 Å². The molecule has 0 bridgehead atoms. The molecule has 0 spiro atoms. The molecule has 2 atom stereocenters. The molecule has 0 saturated carbocycles. The number of rotatable bonds is 5. The summed E-state index contributed by atoms with van der Waals surface area (Å²) in [5.41, 5.74) is 0.892. The van der Waals surface area contributed by atoms with Crippen LogP contribution < -0.4 is 0 Å². The van der Waals surface area contributed by atoms with Crippen LogP contribution in [0.25, 0.3) is 0 Å². The molecule has 3 saturated heterocycles. The largest absolute Gasteiger partial charge is 0.342 e. The normalized spacial score (nSPS) is 24.9. The first-order valence-corrected chi connectivity index (χ1v) is 14.2. The fourth-order valence-electron chi connectivity index (χ4n) is 5.67. The molecule has 3 aliphatic rings. The van der Waals surface area contributed by atoms with Crippen molar-refractivity contribution in [3.05, 3.63) is 66.2 Å². The van der Waals surface area contributed by atoms with Crippen molar-refractivity contribution in [3.63, 3.8) is 0 Å². The number of hydrogen-bond acceptors (Lipinski definition) is 4. The molecule has 0 radical (unpaired) electrons. The van der Waals surface area contributed by atoms with Crippen molar-refractivity contribution in [2.75, 3.05) is 32.7 Å². The standard InChI is InChI=1S/C27H31F2N3O4S/c28-27(29)18-31(19-27)25(33)21-13-15-30(16-14-21)26(34)22-11-12-24(20-7-3-1-4-8-20)32(17-22)37(35,36)23-9-5-2-6-10-23/h1-10,21-22,24H,11-19H2/t22-,24-/m1/s1. The molecule has 0 aliphatic carbocycles. The van der Waals surface area contributed by atoms with Crippen molar-refractivity contribution < 1.29 is 26.8 Å². The number of sulfonamides is 1. The number of likely N-dealkylation sites (tertiary alicyclic amines) is 2. The van der Waals surface area contributed by atoms with Crippen molar-refractivity contribution in [1.29, 1.82) is 0 Å². The van der Waals surface area contributed by atoms with Gasteiger partial charge in [-0.05, 0) is 43.4 Å². The van der Waals surface area contributed by atoms with Gasteiger partial charge >= 0.3 is 0 Å². The summed E-state index contributed by atoms with van der Waals surface area (Å²) >= 11 is 0. The summed E-state index contributed by atoms with van der Waals surface area (Å²) in [6.45, 7) is -0.243. The number of nitrogens with zero attached hydrogens (tertiary/aromatic N) is 3. The van der Waals surface area contributed by atoms with Gasteiger partial charge in [0.2, 0.25) is 21.8 Å². The molecule has 0 unspecified atom stereocenters. The van der Waals surface area contributed by atoms with Gasteiger partial charge in [-0.1, -0.05) is 48.5 Å². The van der Waals surface area contributed by atoms with Crippen molar-refractivity contribution >= 4 is 21.8 Å². The maximum atomic E-state index is 13.7. The van der Waals surface area contributed by atoms with E-state index in [9.17, 15) is 26.8 Å². The van der Waals surface area contributed by atoms with Crippen molar-refractivity contribution in [1.82, 2.24) is 14.1 Å². The van der Waals surface area contributed by atoms with Gasteiger partial charge in [0.05, 0.1) is 29.9 Å². The van der Waals surface area contributed by atoms with Crippen LogP contribution in [0, 0.1) is 11.8 Å². The van der Waals surface area contributed by atoms with Crippen LogP contribution in [0.3, 0.4) is 0 Å². The van der Waals surface area contributed by atoms with Crippen LogP contribution in [0.4, 0.5) is 8.78 Å². The van der Waals surface area contributed by atoms with E-state index in [1.54, 1.807) is 35.2 Å². The Balaban J connectivity index is 1.28. The molecule has 10 heteroatoms. The van der Waals surface area contributed by atoms with E-state index in [1.807, 2.05) is 30.3 Å². The Hall–Kier alpha value is -2.85. The van der Waals surface area contributed by atoms with Gasteiger partial charge in [-0.15, -0.1) is 0 Å². The Kier molecular flexibility index (Phi) is 7.06. The maximum absolute atomic E-state index is 13.7. The predicted molar refractivity (Wildman–Crippen MR) is 133 cm³/mol. The zero-order chi connectivity index (χ0) is 26.2. The number of carbonyl (C=O) groups is 2. The number of halogens is 2. The van der Waals surface area contributed by atoms with Crippen LogP contribution in [-0.2, 0) is 19.6 Å². The average molecular weight is 532 g/mol. The number of alkyl halides is 2. The Morgan fingerprint density at radius 1 is 0.757 bits per heavy atom. The molecule has 5 rings (SSSR count). The number of benzene rings is 2. The number of amides is 2. The lowest BCUT2D eigenvalue weighted by atomic mass is 9.88. The summed E-state index contributed by atoms with van der Waals surface area (Å²) < 4.78 is 55.1. The minimum Gasteiger partial charge on any atom is -0.342 e. The fourth-order valence-corrected chi connectivity index (χ4v) is 7.38. The molecular formula is C27H31F2N3O4S. The van der Waals surface area contributed by atoms with E-state index in [-0.39, 0.29) is 35.2 Å². The minimum absolute atomic E-state index is 0.0807. The van der Waals surface area contributed by atoms with Gasteiger partial charge in [0.1, 0.15) is 0 Å². The number of carbonyl (C=O) groups excluding carboxylic acids is 2. The van der Waals surface area contributed by atoms with Crippen molar-refractivity contribution in [3.8, 4) is 0 Å². The molecule has 198 valence electrons. The lowest BCUT2D eigenvalue weighted by Crippen LogP contribution is -2.60. The van der Waals surface area contributed by atoms with E-state index in [1.165, 1.54) is 9.21 Å². The van der Waals surface area contributed by atoms with Gasteiger partial charge < -0.3 is 9.80 Å². The summed E-state index contributed by atoms with van der Waals surface area (Å²) in [4.78, 5) is 29.1. The summed E-state index contributed by atoms with van der Waals surface area (Å²) in [6, 6.07) is 17.4. The van der Waals surface area contributed by atoms with Crippen LogP contribution >= 0.6 is 0 Å².